The van der Waals surface area contributed by atoms with E-state index in [1.54, 1.807) is 20.8 Å². The number of sulfonamides is 1. The molecule has 1 spiro atoms. The molecule has 8 nitrogen and oxygen atoms in total. The van der Waals surface area contributed by atoms with E-state index in [1.807, 2.05) is 0 Å². The number of amides is 1. The number of rotatable bonds is 4. The Kier molecular flexibility index (Phi) is 6.83. The highest BCUT2D eigenvalue weighted by Crippen LogP contribution is 2.39. The molecule has 2 atom stereocenters. The maximum Gasteiger partial charge on any atom is 0.427 e. The second-order valence-electron chi connectivity index (χ2n) is 8.57. The zero-order valence-corrected chi connectivity index (χ0v) is 17.8. The van der Waals surface area contributed by atoms with Crippen LogP contribution in [-0.4, -0.2) is 90.8 Å². The molecule has 2 rings (SSSR count). The first-order valence-electron chi connectivity index (χ1n) is 9.38. The molecule has 0 aromatic rings. The molecule has 170 valence electrons. The van der Waals surface area contributed by atoms with Gasteiger partial charge in [0.2, 0.25) is 16.1 Å². The normalized spacial score (nSPS) is 24.2. The smallest absolute Gasteiger partial charge is 0.427 e. The molecule has 0 bridgehead atoms. The van der Waals surface area contributed by atoms with E-state index in [9.17, 15) is 26.4 Å². The fourth-order valence-corrected chi connectivity index (χ4v) is 4.92. The van der Waals surface area contributed by atoms with E-state index in [-0.39, 0.29) is 25.7 Å². The Labute approximate surface area is 169 Å². The predicted octanol–water partition coefficient (Wildman–Crippen LogP) is 1.73. The lowest BCUT2D eigenvalue weighted by Crippen LogP contribution is -2.50. The maximum absolute atomic E-state index is 12.7. The van der Waals surface area contributed by atoms with Gasteiger partial charge in [0.1, 0.15) is 0 Å². The van der Waals surface area contributed by atoms with Gasteiger partial charge in [-0.25, -0.2) is 13.2 Å². The number of piperidine rings is 1. The summed E-state index contributed by atoms with van der Waals surface area (Å²) in [6.45, 7) is 3.98. The van der Waals surface area contributed by atoms with E-state index in [1.165, 1.54) is 11.4 Å². The van der Waals surface area contributed by atoms with E-state index in [4.69, 9.17) is 9.84 Å². The topological polar surface area (TPSA) is 96.4 Å². The third kappa shape index (κ3) is 5.15. The van der Waals surface area contributed by atoms with Gasteiger partial charge in [-0.3, -0.25) is 0 Å². The van der Waals surface area contributed by atoms with Crippen molar-refractivity contribution in [1.82, 2.24) is 9.21 Å². The molecule has 2 saturated heterocycles. The molecule has 0 radical (unpaired) electrons. The van der Waals surface area contributed by atoms with Crippen molar-refractivity contribution in [2.45, 2.75) is 68.7 Å². The summed E-state index contributed by atoms with van der Waals surface area (Å²) in [4.78, 5) is 13.1. The number of hydrogen-bond acceptors (Lipinski definition) is 6. The highest BCUT2D eigenvalue weighted by Gasteiger charge is 2.49. The van der Waals surface area contributed by atoms with Crippen LogP contribution in [0.25, 0.3) is 0 Å². The van der Waals surface area contributed by atoms with E-state index in [0.717, 1.165) is 4.90 Å². The number of ether oxygens (including phenoxy) is 2. The Morgan fingerprint density at radius 1 is 1.31 bits per heavy atom. The summed E-state index contributed by atoms with van der Waals surface area (Å²) in [7, 11) is -2.01. The SMILES string of the molecule is CN([C@H]1COC2(CCN(C(=O)O[C@H](CO)C(F)(F)F)CC2)C1)S(=O)(=O)C(C)(C)C. The van der Waals surface area contributed by atoms with Crippen LogP contribution in [0, 0.1) is 0 Å². The van der Waals surface area contributed by atoms with Gasteiger partial charge in [-0.15, -0.1) is 0 Å². The Morgan fingerprint density at radius 2 is 1.86 bits per heavy atom. The number of nitrogens with zero attached hydrogens (tertiary/aromatic N) is 2. The van der Waals surface area contributed by atoms with Crippen LogP contribution in [0.1, 0.15) is 40.0 Å². The number of carbonyl (C=O) groups excluding carboxylic acids is 1. The van der Waals surface area contributed by atoms with Gasteiger partial charge in [0.25, 0.3) is 0 Å². The molecule has 29 heavy (non-hydrogen) atoms. The van der Waals surface area contributed by atoms with Crippen molar-refractivity contribution >= 4 is 16.1 Å². The zero-order chi connectivity index (χ0) is 22.3. The number of aliphatic hydroxyl groups is 1. The summed E-state index contributed by atoms with van der Waals surface area (Å²) in [6.07, 6.45) is -7.38. The van der Waals surface area contributed by atoms with Gasteiger partial charge in [0.15, 0.2) is 0 Å². The van der Waals surface area contributed by atoms with Crippen molar-refractivity contribution in [2.24, 2.45) is 0 Å². The molecule has 1 amide bonds. The molecule has 0 saturated carbocycles. The van der Waals surface area contributed by atoms with Crippen LogP contribution in [0.15, 0.2) is 0 Å². The van der Waals surface area contributed by atoms with Gasteiger partial charge in [-0.05, 0) is 40.0 Å². The third-order valence-electron chi connectivity index (χ3n) is 5.56. The van der Waals surface area contributed by atoms with E-state index >= 15 is 0 Å². The minimum atomic E-state index is -4.84. The largest absolute Gasteiger partial charge is 0.434 e. The lowest BCUT2D eigenvalue weighted by atomic mass is 9.87. The van der Waals surface area contributed by atoms with Crippen LogP contribution < -0.4 is 0 Å². The van der Waals surface area contributed by atoms with Crippen LogP contribution in [0.4, 0.5) is 18.0 Å². The first-order valence-corrected chi connectivity index (χ1v) is 10.8. The molecule has 12 heteroatoms. The maximum atomic E-state index is 12.7. The van der Waals surface area contributed by atoms with Crippen molar-refractivity contribution in [3.63, 3.8) is 0 Å². The molecule has 0 aliphatic carbocycles. The summed E-state index contributed by atoms with van der Waals surface area (Å²) < 4.78 is 73.9. The predicted molar refractivity (Wildman–Crippen MR) is 97.7 cm³/mol. The van der Waals surface area contributed by atoms with Crippen molar-refractivity contribution in [3.8, 4) is 0 Å². The summed E-state index contributed by atoms with van der Waals surface area (Å²) >= 11 is 0. The first-order chi connectivity index (χ1) is 13.1. The second-order valence-corrected chi connectivity index (χ2v) is 11.3. The van der Waals surface area contributed by atoms with Gasteiger partial charge in [-0.2, -0.15) is 17.5 Å². The number of likely N-dealkylation sites (N-methyl/N-ethyl adjacent to an activating group) is 1. The molecule has 2 aliphatic rings. The third-order valence-corrected chi connectivity index (χ3v) is 8.17. The van der Waals surface area contributed by atoms with Gasteiger partial charge >= 0.3 is 12.3 Å². The van der Waals surface area contributed by atoms with Crippen molar-refractivity contribution < 1.29 is 41.0 Å². The van der Waals surface area contributed by atoms with Crippen LogP contribution in [0.5, 0.6) is 0 Å². The average molecular weight is 446 g/mol. The molecule has 0 aromatic heterocycles. The Morgan fingerprint density at radius 3 is 2.31 bits per heavy atom. The minimum Gasteiger partial charge on any atom is -0.434 e. The van der Waals surface area contributed by atoms with Gasteiger partial charge < -0.3 is 19.5 Å². The average Bonchev–Trinajstić information content (AvgIpc) is 3.00. The fraction of sp³-hybridized carbons (Fsp3) is 0.941. The Bertz CT molecular complexity index is 699. The molecular weight excluding hydrogens is 417 g/mol. The zero-order valence-electron chi connectivity index (χ0n) is 17.0. The summed E-state index contributed by atoms with van der Waals surface area (Å²) in [5, 5.41) is 8.79. The summed E-state index contributed by atoms with van der Waals surface area (Å²) in [6, 6.07) is -0.346. The number of hydrogen-bond donors (Lipinski definition) is 1. The number of carbonyl (C=O) groups is 1. The number of likely N-dealkylation sites (tertiary alicyclic amines) is 1. The standard InChI is InChI=1S/C17H29F3N2O6S/c1-15(2,3)29(25,26)21(4)12-9-16(27-11-12)5-7-22(8-6-16)14(24)28-13(10-23)17(18,19)20/h12-13,23H,5-11H2,1-4H3/t12-,13-/m1/s1. The molecular formula is C17H29F3N2O6S. The van der Waals surface area contributed by atoms with Crippen LogP contribution in [-0.2, 0) is 19.5 Å². The lowest BCUT2D eigenvalue weighted by molar-refractivity contribution is -0.215. The van der Waals surface area contributed by atoms with Crippen molar-refractivity contribution in [3.05, 3.63) is 0 Å². The van der Waals surface area contributed by atoms with Crippen LogP contribution in [0.2, 0.25) is 0 Å². The van der Waals surface area contributed by atoms with Crippen LogP contribution >= 0.6 is 0 Å². The molecule has 0 aromatic carbocycles. The highest BCUT2D eigenvalue weighted by atomic mass is 32.2. The van der Waals surface area contributed by atoms with E-state index in [0.29, 0.717) is 19.3 Å². The second kappa shape index (κ2) is 8.20. The molecule has 0 unspecified atom stereocenters. The minimum absolute atomic E-state index is 0.122. The van der Waals surface area contributed by atoms with Gasteiger partial charge in [0, 0.05) is 20.1 Å². The molecule has 2 fully saturated rings. The van der Waals surface area contributed by atoms with Gasteiger partial charge in [0.05, 0.1) is 29.6 Å². The summed E-state index contributed by atoms with van der Waals surface area (Å²) in [5.41, 5.74) is -0.622. The Balaban J connectivity index is 1.95. The monoisotopic (exact) mass is 446 g/mol. The van der Waals surface area contributed by atoms with Crippen molar-refractivity contribution in [1.29, 1.82) is 0 Å². The summed E-state index contributed by atoms with van der Waals surface area (Å²) in [5.74, 6) is 0. The van der Waals surface area contributed by atoms with Gasteiger partial charge in [-0.1, -0.05) is 0 Å². The molecule has 2 heterocycles. The molecule has 1 N–H and O–H groups in total. The van der Waals surface area contributed by atoms with Crippen molar-refractivity contribution in [2.75, 3.05) is 33.4 Å². The Hall–Kier alpha value is -1.11. The lowest BCUT2D eigenvalue weighted by Gasteiger charge is -2.39. The van der Waals surface area contributed by atoms with E-state index < -0.39 is 45.4 Å². The number of aliphatic hydroxyl groups excluding tert-OH is 1. The molecule has 2 aliphatic heterocycles. The first kappa shape index (κ1) is 24.2. The quantitative estimate of drug-likeness (QED) is 0.707. The van der Waals surface area contributed by atoms with E-state index in [2.05, 4.69) is 4.74 Å². The van der Waals surface area contributed by atoms with Crippen LogP contribution in [0.3, 0.4) is 0 Å². The number of alkyl halides is 3. The number of halogens is 3. The highest BCUT2D eigenvalue weighted by molar-refractivity contribution is 7.90. The fourth-order valence-electron chi connectivity index (χ4n) is 3.53.